The predicted molar refractivity (Wildman–Crippen MR) is 60.9 cm³/mol. The van der Waals surface area contributed by atoms with E-state index in [-0.39, 0.29) is 0 Å². The second-order valence-corrected chi connectivity index (χ2v) is 4.69. The van der Waals surface area contributed by atoms with Gasteiger partial charge in [0.05, 0.1) is 0 Å². The van der Waals surface area contributed by atoms with Gasteiger partial charge < -0.3 is 0 Å². The Balaban J connectivity index is 2.16. The zero-order chi connectivity index (χ0) is 9.97. The maximum Gasteiger partial charge on any atom is 0.0412 e. The SMILES string of the molecule is CC1=NN=C(C)C2CCCCCCC12. The zero-order valence-corrected chi connectivity index (χ0v) is 9.29. The van der Waals surface area contributed by atoms with E-state index in [0.717, 1.165) is 0 Å². The van der Waals surface area contributed by atoms with Gasteiger partial charge in [0.1, 0.15) is 0 Å². The Morgan fingerprint density at radius 2 is 1.21 bits per heavy atom. The molecule has 1 aliphatic heterocycles. The molecule has 1 saturated carbocycles. The summed E-state index contributed by atoms with van der Waals surface area (Å²) in [6.07, 6.45) is 8.22. The Morgan fingerprint density at radius 1 is 0.786 bits per heavy atom. The molecule has 2 atom stereocenters. The van der Waals surface area contributed by atoms with Gasteiger partial charge in [-0.15, -0.1) is 0 Å². The molecule has 2 unspecified atom stereocenters. The van der Waals surface area contributed by atoms with Crippen LogP contribution in [-0.4, -0.2) is 11.4 Å². The Morgan fingerprint density at radius 3 is 1.64 bits per heavy atom. The minimum atomic E-state index is 0.702. The molecule has 1 aliphatic carbocycles. The molecule has 0 amide bonds. The molecule has 2 nitrogen and oxygen atoms in total. The maximum absolute atomic E-state index is 4.27. The molecule has 0 aromatic carbocycles. The fourth-order valence-electron chi connectivity index (χ4n) is 2.79. The first-order valence-electron chi connectivity index (χ1n) is 5.87. The van der Waals surface area contributed by atoms with Crippen molar-refractivity contribution < 1.29 is 0 Å². The Labute approximate surface area is 86.5 Å². The molecule has 2 heteroatoms. The first-order chi connectivity index (χ1) is 6.79. The summed E-state index contributed by atoms with van der Waals surface area (Å²) in [6.45, 7) is 4.30. The van der Waals surface area contributed by atoms with Gasteiger partial charge in [0.2, 0.25) is 0 Å². The van der Waals surface area contributed by atoms with Gasteiger partial charge in [-0.05, 0) is 26.7 Å². The van der Waals surface area contributed by atoms with Crippen LogP contribution in [0.4, 0.5) is 0 Å². The molecular formula is C12H20N2. The van der Waals surface area contributed by atoms with E-state index in [4.69, 9.17) is 0 Å². The van der Waals surface area contributed by atoms with Crippen LogP contribution in [0, 0.1) is 11.8 Å². The van der Waals surface area contributed by atoms with E-state index in [1.54, 1.807) is 0 Å². The van der Waals surface area contributed by atoms with Crippen LogP contribution in [0.25, 0.3) is 0 Å². The second kappa shape index (κ2) is 4.24. The number of nitrogens with zero attached hydrogens (tertiary/aromatic N) is 2. The summed E-state index contributed by atoms with van der Waals surface area (Å²) < 4.78 is 0. The third-order valence-electron chi connectivity index (χ3n) is 3.70. The van der Waals surface area contributed by atoms with Gasteiger partial charge in [-0.1, -0.05) is 25.7 Å². The number of fused-ring (bicyclic) bond motifs is 1. The molecule has 0 saturated heterocycles. The maximum atomic E-state index is 4.27. The van der Waals surface area contributed by atoms with Crippen molar-refractivity contribution in [1.82, 2.24) is 0 Å². The van der Waals surface area contributed by atoms with Gasteiger partial charge in [0.15, 0.2) is 0 Å². The molecule has 78 valence electrons. The minimum Gasteiger partial charge on any atom is -0.160 e. The molecule has 0 aromatic heterocycles. The Kier molecular flexibility index (Phi) is 2.99. The van der Waals surface area contributed by atoms with Crippen LogP contribution in [0.1, 0.15) is 52.4 Å². The summed E-state index contributed by atoms with van der Waals surface area (Å²) in [5, 5.41) is 8.54. The van der Waals surface area contributed by atoms with Crippen molar-refractivity contribution in [2.45, 2.75) is 52.4 Å². The summed E-state index contributed by atoms with van der Waals surface area (Å²) in [7, 11) is 0. The molecule has 2 rings (SSSR count). The highest BCUT2D eigenvalue weighted by Crippen LogP contribution is 2.32. The summed E-state index contributed by atoms with van der Waals surface area (Å²) in [6, 6.07) is 0. The van der Waals surface area contributed by atoms with E-state index in [0.29, 0.717) is 11.8 Å². The van der Waals surface area contributed by atoms with E-state index in [9.17, 15) is 0 Å². The molecule has 1 heterocycles. The van der Waals surface area contributed by atoms with Crippen molar-refractivity contribution in [3.05, 3.63) is 0 Å². The molecule has 14 heavy (non-hydrogen) atoms. The van der Waals surface area contributed by atoms with Crippen LogP contribution in [-0.2, 0) is 0 Å². The molecule has 0 bridgehead atoms. The number of hydrogen-bond donors (Lipinski definition) is 0. The van der Waals surface area contributed by atoms with Crippen molar-refractivity contribution in [3.63, 3.8) is 0 Å². The largest absolute Gasteiger partial charge is 0.160 e. The van der Waals surface area contributed by atoms with Crippen LogP contribution in [0.2, 0.25) is 0 Å². The third-order valence-corrected chi connectivity index (χ3v) is 3.70. The van der Waals surface area contributed by atoms with Gasteiger partial charge in [-0.3, -0.25) is 0 Å². The Bertz CT molecular complexity index is 237. The smallest absolute Gasteiger partial charge is 0.0412 e. The van der Waals surface area contributed by atoms with Crippen molar-refractivity contribution in [2.75, 3.05) is 0 Å². The minimum absolute atomic E-state index is 0.702. The zero-order valence-electron chi connectivity index (χ0n) is 9.29. The lowest BCUT2D eigenvalue weighted by Crippen LogP contribution is -2.31. The highest BCUT2D eigenvalue weighted by molar-refractivity contribution is 5.95. The van der Waals surface area contributed by atoms with Crippen LogP contribution in [0.3, 0.4) is 0 Å². The average molecular weight is 192 g/mol. The van der Waals surface area contributed by atoms with Gasteiger partial charge in [0, 0.05) is 23.3 Å². The predicted octanol–water partition coefficient (Wildman–Crippen LogP) is 3.42. The topological polar surface area (TPSA) is 24.7 Å². The Hall–Kier alpha value is -0.660. The normalized spacial score (nSPS) is 33.6. The summed E-state index contributed by atoms with van der Waals surface area (Å²) in [5.74, 6) is 1.40. The molecular weight excluding hydrogens is 172 g/mol. The molecule has 0 N–H and O–H groups in total. The molecule has 0 aromatic rings. The van der Waals surface area contributed by atoms with Gasteiger partial charge in [-0.2, -0.15) is 10.2 Å². The molecule has 2 aliphatic rings. The summed E-state index contributed by atoms with van der Waals surface area (Å²) >= 11 is 0. The van der Waals surface area contributed by atoms with Crippen molar-refractivity contribution >= 4 is 11.4 Å². The van der Waals surface area contributed by atoms with Crippen LogP contribution >= 0.6 is 0 Å². The lowest BCUT2D eigenvalue weighted by molar-refractivity contribution is 0.389. The molecule has 0 spiro atoms. The van der Waals surface area contributed by atoms with Crippen molar-refractivity contribution in [1.29, 1.82) is 0 Å². The van der Waals surface area contributed by atoms with Gasteiger partial charge in [0.25, 0.3) is 0 Å². The highest BCUT2D eigenvalue weighted by atomic mass is 15.2. The lowest BCUT2D eigenvalue weighted by atomic mass is 9.76. The average Bonchev–Trinajstić information content (AvgIpc) is 2.11. The summed E-state index contributed by atoms with van der Waals surface area (Å²) in [5.41, 5.74) is 2.53. The van der Waals surface area contributed by atoms with Crippen LogP contribution in [0.5, 0.6) is 0 Å². The summed E-state index contributed by atoms with van der Waals surface area (Å²) in [4.78, 5) is 0. The third kappa shape index (κ3) is 1.89. The van der Waals surface area contributed by atoms with Crippen molar-refractivity contribution in [2.24, 2.45) is 22.0 Å². The first-order valence-corrected chi connectivity index (χ1v) is 5.87. The van der Waals surface area contributed by atoms with Crippen LogP contribution in [0.15, 0.2) is 10.2 Å². The first kappa shape index (κ1) is 9.88. The van der Waals surface area contributed by atoms with Gasteiger partial charge in [-0.25, -0.2) is 0 Å². The van der Waals surface area contributed by atoms with E-state index >= 15 is 0 Å². The highest BCUT2D eigenvalue weighted by Gasteiger charge is 2.29. The second-order valence-electron chi connectivity index (χ2n) is 4.69. The fraction of sp³-hybridized carbons (Fsp3) is 0.833. The van der Waals surface area contributed by atoms with Crippen LogP contribution < -0.4 is 0 Å². The van der Waals surface area contributed by atoms with E-state index in [2.05, 4.69) is 24.1 Å². The van der Waals surface area contributed by atoms with E-state index in [1.165, 1.54) is 49.9 Å². The monoisotopic (exact) mass is 192 g/mol. The van der Waals surface area contributed by atoms with Gasteiger partial charge >= 0.3 is 0 Å². The quantitative estimate of drug-likeness (QED) is 0.562. The van der Waals surface area contributed by atoms with E-state index < -0.39 is 0 Å². The standard InChI is InChI=1S/C12H20N2/c1-9-11-7-5-3-4-6-8-12(11)10(2)14-13-9/h11-12H,3-8H2,1-2H3. The lowest BCUT2D eigenvalue weighted by Gasteiger charge is -2.31. The molecule has 0 radical (unpaired) electrons. The number of rotatable bonds is 0. The van der Waals surface area contributed by atoms with E-state index in [1.807, 2.05) is 0 Å². The van der Waals surface area contributed by atoms with Crippen molar-refractivity contribution in [3.8, 4) is 0 Å². The fourth-order valence-corrected chi connectivity index (χ4v) is 2.79. The number of hydrogen-bond acceptors (Lipinski definition) is 2. The molecule has 1 fully saturated rings.